The van der Waals surface area contributed by atoms with Crippen molar-refractivity contribution >= 4 is 15.9 Å². The van der Waals surface area contributed by atoms with Gasteiger partial charge in [-0.15, -0.1) is 0 Å². The van der Waals surface area contributed by atoms with Crippen LogP contribution in [0.1, 0.15) is 17.7 Å². The third-order valence-electron chi connectivity index (χ3n) is 1.49. The molecule has 0 amide bonds. The molecule has 0 bridgehead atoms. The zero-order valence-electron chi connectivity index (χ0n) is 6.40. The molecule has 0 aliphatic heterocycles. The van der Waals surface area contributed by atoms with Crippen molar-refractivity contribution < 1.29 is 13.2 Å². The van der Waals surface area contributed by atoms with Crippen LogP contribution in [0.3, 0.4) is 0 Å². The molecule has 0 unspecified atom stereocenters. The van der Waals surface area contributed by atoms with Gasteiger partial charge in [0.25, 0.3) is 6.43 Å². The van der Waals surface area contributed by atoms with Crippen LogP contribution in [0.2, 0.25) is 0 Å². The summed E-state index contributed by atoms with van der Waals surface area (Å²) in [5.74, 6) is -1.03. The normalized spacial score (nSPS) is 10.9. The molecule has 72 valence electrons. The molecular weight excluding hydrogens is 249 g/mol. The first-order valence-corrected chi connectivity index (χ1v) is 4.18. The van der Waals surface area contributed by atoms with E-state index in [1.54, 1.807) is 0 Å². The van der Waals surface area contributed by atoms with Crippen LogP contribution < -0.4 is 5.73 Å². The van der Waals surface area contributed by atoms with Crippen LogP contribution in [0.15, 0.2) is 10.7 Å². The molecule has 13 heavy (non-hydrogen) atoms. The summed E-state index contributed by atoms with van der Waals surface area (Å²) in [5, 5.41) is 0. The average Bonchev–Trinajstić information content (AvgIpc) is 2.04. The first-order valence-electron chi connectivity index (χ1n) is 3.39. The van der Waals surface area contributed by atoms with Gasteiger partial charge in [0.2, 0.25) is 0 Å². The largest absolute Gasteiger partial charge is 0.325 e. The van der Waals surface area contributed by atoms with Gasteiger partial charge in [0.15, 0.2) is 5.82 Å². The van der Waals surface area contributed by atoms with Gasteiger partial charge in [0.05, 0.1) is 21.9 Å². The highest BCUT2D eigenvalue weighted by molar-refractivity contribution is 9.10. The van der Waals surface area contributed by atoms with E-state index >= 15 is 0 Å². The minimum absolute atomic E-state index is 0.0133. The van der Waals surface area contributed by atoms with E-state index in [9.17, 15) is 13.2 Å². The van der Waals surface area contributed by atoms with Crippen molar-refractivity contribution in [2.75, 3.05) is 0 Å². The van der Waals surface area contributed by atoms with Crippen LogP contribution in [0.4, 0.5) is 13.2 Å². The van der Waals surface area contributed by atoms with Gasteiger partial charge in [0.1, 0.15) is 0 Å². The third-order valence-corrected chi connectivity index (χ3v) is 2.38. The number of hydrogen-bond acceptors (Lipinski definition) is 2. The fourth-order valence-electron chi connectivity index (χ4n) is 0.863. The van der Waals surface area contributed by atoms with Crippen molar-refractivity contribution in [3.05, 3.63) is 27.7 Å². The van der Waals surface area contributed by atoms with Gasteiger partial charge in [-0.2, -0.15) is 0 Å². The predicted octanol–water partition coefficient (Wildman–Crippen LogP) is 2.38. The van der Waals surface area contributed by atoms with Gasteiger partial charge in [-0.05, 0) is 15.9 Å². The highest BCUT2D eigenvalue weighted by Gasteiger charge is 2.19. The Labute approximate surface area is 81.1 Å². The van der Waals surface area contributed by atoms with E-state index in [-0.39, 0.29) is 16.7 Å². The van der Waals surface area contributed by atoms with Gasteiger partial charge >= 0.3 is 0 Å². The molecule has 0 atom stereocenters. The molecule has 1 aromatic heterocycles. The maximum Gasteiger partial charge on any atom is 0.267 e. The van der Waals surface area contributed by atoms with E-state index in [1.807, 2.05) is 0 Å². The van der Waals surface area contributed by atoms with Crippen LogP contribution in [-0.4, -0.2) is 4.98 Å². The van der Waals surface area contributed by atoms with E-state index in [0.717, 1.165) is 6.20 Å². The zero-order valence-corrected chi connectivity index (χ0v) is 7.98. The van der Waals surface area contributed by atoms with Crippen molar-refractivity contribution in [3.8, 4) is 0 Å². The Morgan fingerprint density at radius 1 is 1.54 bits per heavy atom. The highest BCUT2D eigenvalue weighted by Crippen LogP contribution is 2.30. The molecule has 0 saturated heterocycles. The van der Waals surface area contributed by atoms with Crippen molar-refractivity contribution in [1.29, 1.82) is 0 Å². The summed E-state index contributed by atoms with van der Waals surface area (Å²) in [6, 6.07) is 0. The Hall–Kier alpha value is -0.620. The number of halogens is 4. The number of alkyl halides is 2. The lowest BCUT2D eigenvalue weighted by atomic mass is 10.2. The van der Waals surface area contributed by atoms with E-state index in [4.69, 9.17) is 5.73 Å². The Bertz CT molecular complexity index is 317. The van der Waals surface area contributed by atoms with E-state index < -0.39 is 17.8 Å². The Balaban J connectivity index is 3.30. The first kappa shape index (κ1) is 10.5. The molecule has 0 radical (unpaired) electrons. The summed E-state index contributed by atoms with van der Waals surface area (Å²) in [6.45, 7) is -0.0133. The molecule has 1 rings (SSSR count). The Morgan fingerprint density at radius 2 is 2.15 bits per heavy atom. The van der Waals surface area contributed by atoms with E-state index in [2.05, 4.69) is 20.9 Å². The van der Waals surface area contributed by atoms with E-state index in [1.165, 1.54) is 0 Å². The fraction of sp³-hybridized carbons (Fsp3) is 0.286. The highest BCUT2D eigenvalue weighted by atomic mass is 79.9. The fourth-order valence-corrected chi connectivity index (χ4v) is 1.49. The van der Waals surface area contributed by atoms with Gasteiger partial charge in [-0.3, -0.25) is 4.98 Å². The smallest absolute Gasteiger partial charge is 0.267 e. The van der Waals surface area contributed by atoms with Crippen LogP contribution in [0.25, 0.3) is 0 Å². The molecule has 2 nitrogen and oxygen atoms in total. The minimum atomic E-state index is -2.87. The average molecular weight is 255 g/mol. The monoisotopic (exact) mass is 254 g/mol. The maximum atomic E-state index is 12.8. The van der Waals surface area contributed by atoms with Gasteiger partial charge < -0.3 is 5.73 Å². The summed E-state index contributed by atoms with van der Waals surface area (Å²) in [7, 11) is 0. The lowest BCUT2D eigenvalue weighted by Gasteiger charge is -2.07. The number of nitrogens with two attached hydrogens (primary N) is 1. The molecule has 0 saturated carbocycles. The minimum Gasteiger partial charge on any atom is -0.325 e. The van der Waals surface area contributed by atoms with Crippen LogP contribution in [0, 0.1) is 5.82 Å². The van der Waals surface area contributed by atoms with Crippen LogP contribution in [-0.2, 0) is 6.54 Å². The summed E-state index contributed by atoms with van der Waals surface area (Å²) >= 11 is 2.83. The maximum absolute atomic E-state index is 12.8. The molecule has 0 fully saturated rings. The second-order valence-electron chi connectivity index (χ2n) is 2.29. The number of pyridine rings is 1. The quantitative estimate of drug-likeness (QED) is 0.881. The second kappa shape index (κ2) is 4.06. The van der Waals surface area contributed by atoms with Crippen molar-refractivity contribution in [1.82, 2.24) is 4.98 Å². The van der Waals surface area contributed by atoms with Crippen LogP contribution in [0.5, 0.6) is 0 Å². The first-order chi connectivity index (χ1) is 6.07. The number of nitrogens with zero attached hydrogens (tertiary/aromatic N) is 1. The molecule has 0 aromatic carbocycles. The predicted molar refractivity (Wildman–Crippen MR) is 44.7 cm³/mol. The standard InChI is InChI=1S/C7H6BrF3N2/c8-6-4(1-12)13-2-3(9)5(6)7(10)11/h2,7H,1,12H2. The SMILES string of the molecule is NCc1ncc(F)c(C(F)F)c1Br. The van der Waals surface area contributed by atoms with Gasteiger partial charge in [0, 0.05) is 6.54 Å². The summed E-state index contributed by atoms with van der Waals surface area (Å²) in [4.78, 5) is 3.56. The molecule has 2 N–H and O–H groups in total. The molecule has 1 heterocycles. The lowest BCUT2D eigenvalue weighted by molar-refractivity contribution is 0.145. The zero-order chi connectivity index (χ0) is 10.0. The van der Waals surface area contributed by atoms with Crippen LogP contribution >= 0.6 is 15.9 Å². The Morgan fingerprint density at radius 3 is 2.62 bits per heavy atom. The number of aromatic nitrogens is 1. The third kappa shape index (κ3) is 2.00. The molecule has 1 aromatic rings. The molecule has 6 heteroatoms. The number of hydrogen-bond donors (Lipinski definition) is 1. The molecule has 0 spiro atoms. The molecule has 0 aliphatic carbocycles. The van der Waals surface area contributed by atoms with Crippen molar-refractivity contribution in [3.63, 3.8) is 0 Å². The van der Waals surface area contributed by atoms with Gasteiger partial charge in [-0.25, -0.2) is 13.2 Å². The summed E-state index contributed by atoms with van der Waals surface area (Å²) in [5.41, 5.74) is 4.74. The molecule has 0 aliphatic rings. The summed E-state index contributed by atoms with van der Waals surface area (Å²) in [6.07, 6.45) is -2.13. The topological polar surface area (TPSA) is 38.9 Å². The number of rotatable bonds is 2. The Kier molecular flexibility index (Phi) is 3.27. The van der Waals surface area contributed by atoms with Crippen molar-refractivity contribution in [2.45, 2.75) is 13.0 Å². The van der Waals surface area contributed by atoms with E-state index in [0.29, 0.717) is 0 Å². The lowest BCUT2D eigenvalue weighted by Crippen LogP contribution is -2.05. The molecular formula is C7H6BrF3N2. The van der Waals surface area contributed by atoms with Crippen molar-refractivity contribution in [2.24, 2.45) is 5.73 Å². The van der Waals surface area contributed by atoms with Gasteiger partial charge in [-0.1, -0.05) is 0 Å². The second-order valence-corrected chi connectivity index (χ2v) is 3.08. The summed E-state index contributed by atoms with van der Waals surface area (Å²) < 4.78 is 37.3.